The van der Waals surface area contributed by atoms with E-state index in [1.54, 1.807) is 12.1 Å². The van der Waals surface area contributed by atoms with E-state index in [-0.39, 0.29) is 11.1 Å². The molecule has 0 saturated heterocycles. The SMILES string of the molecule is Cc1cc(C)cc(NS(=O)(=O)c2cc3oc(=O)n(C)c3cc2F)c1. The monoisotopic (exact) mass is 350 g/mol. The molecule has 3 rings (SSSR count). The zero-order valence-electron chi connectivity index (χ0n) is 13.3. The molecular formula is C16H15FN2O4S. The summed E-state index contributed by atoms with van der Waals surface area (Å²) in [6.07, 6.45) is 0. The Hall–Kier alpha value is -2.61. The molecule has 0 radical (unpaired) electrons. The van der Waals surface area contributed by atoms with Gasteiger partial charge in [-0.15, -0.1) is 0 Å². The molecule has 6 nitrogen and oxygen atoms in total. The van der Waals surface area contributed by atoms with E-state index < -0.39 is 26.5 Å². The van der Waals surface area contributed by atoms with Crippen LogP contribution >= 0.6 is 0 Å². The Morgan fingerprint density at radius 1 is 1.08 bits per heavy atom. The van der Waals surface area contributed by atoms with Crippen LogP contribution in [0.5, 0.6) is 0 Å². The highest BCUT2D eigenvalue weighted by Gasteiger charge is 2.22. The maximum Gasteiger partial charge on any atom is 0.419 e. The molecule has 0 atom stereocenters. The molecule has 1 N–H and O–H groups in total. The molecule has 0 aliphatic heterocycles. The van der Waals surface area contributed by atoms with Crippen LogP contribution in [0.15, 0.2) is 44.4 Å². The normalized spacial score (nSPS) is 11.8. The number of fused-ring (bicyclic) bond motifs is 1. The van der Waals surface area contributed by atoms with Crippen molar-refractivity contribution in [3.05, 3.63) is 57.8 Å². The Balaban J connectivity index is 2.11. The van der Waals surface area contributed by atoms with Crippen molar-refractivity contribution in [1.29, 1.82) is 0 Å². The predicted molar refractivity (Wildman–Crippen MR) is 88.1 cm³/mol. The second kappa shape index (κ2) is 5.48. The third-order valence-electron chi connectivity index (χ3n) is 3.61. The van der Waals surface area contributed by atoms with E-state index in [2.05, 4.69) is 4.72 Å². The molecule has 1 heterocycles. The van der Waals surface area contributed by atoms with Gasteiger partial charge in [0.05, 0.1) is 5.52 Å². The van der Waals surface area contributed by atoms with Crippen LogP contribution in [0.25, 0.3) is 11.1 Å². The number of aryl methyl sites for hydroxylation is 3. The molecule has 0 aliphatic carbocycles. The summed E-state index contributed by atoms with van der Waals surface area (Å²) in [5.74, 6) is -1.66. The standard InChI is InChI=1S/C16H15FN2O4S/c1-9-4-10(2)6-11(5-9)18-24(21,22)15-8-14-13(7-12(15)17)19(3)16(20)23-14/h4-8,18H,1-3H3. The first kappa shape index (κ1) is 16.3. The van der Waals surface area contributed by atoms with Crippen LogP contribution in [0, 0.1) is 19.7 Å². The smallest absolute Gasteiger partial charge is 0.408 e. The van der Waals surface area contributed by atoms with Crippen LogP contribution in [0.2, 0.25) is 0 Å². The molecule has 1 aromatic heterocycles. The topological polar surface area (TPSA) is 81.3 Å². The van der Waals surface area contributed by atoms with Crippen LogP contribution < -0.4 is 10.5 Å². The maximum atomic E-state index is 14.3. The highest BCUT2D eigenvalue weighted by Crippen LogP contribution is 2.25. The first-order valence-corrected chi connectivity index (χ1v) is 8.56. The Morgan fingerprint density at radius 3 is 2.33 bits per heavy atom. The second-order valence-corrected chi connectivity index (χ2v) is 7.31. The quantitative estimate of drug-likeness (QED) is 0.787. The lowest BCUT2D eigenvalue weighted by Crippen LogP contribution is -2.15. The Kier molecular flexibility index (Phi) is 3.71. The lowest BCUT2D eigenvalue weighted by atomic mass is 10.1. The first-order valence-electron chi connectivity index (χ1n) is 7.07. The van der Waals surface area contributed by atoms with Crippen LogP contribution in [-0.2, 0) is 17.1 Å². The molecule has 2 aromatic carbocycles. The molecule has 0 unspecified atom stereocenters. The Labute approximate surface area is 137 Å². The summed E-state index contributed by atoms with van der Waals surface area (Å²) < 4.78 is 47.7. The summed E-state index contributed by atoms with van der Waals surface area (Å²) in [5.41, 5.74) is 2.27. The van der Waals surface area contributed by atoms with Crippen LogP contribution in [0.4, 0.5) is 10.1 Å². The van der Waals surface area contributed by atoms with E-state index in [4.69, 9.17) is 4.42 Å². The number of anilines is 1. The minimum atomic E-state index is -4.17. The van der Waals surface area contributed by atoms with Crippen molar-refractivity contribution >= 4 is 26.8 Å². The van der Waals surface area contributed by atoms with Crippen molar-refractivity contribution < 1.29 is 17.2 Å². The molecule has 3 aromatic rings. The highest BCUT2D eigenvalue weighted by atomic mass is 32.2. The van der Waals surface area contributed by atoms with Gasteiger partial charge in [-0.25, -0.2) is 17.6 Å². The van der Waals surface area contributed by atoms with Crippen LogP contribution in [-0.4, -0.2) is 13.0 Å². The van der Waals surface area contributed by atoms with E-state index in [9.17, 15) is 17.6 Å². The number of oxazole rings is 1. The number of rotatable bonds is 3. The predicted octanol–water partition coefficient (Wildman–Crippen LogP) is 2.69. The molecule has 126 valence electrons. The maximum absolute atomic E-state index is 14.3. The van der Waals surface area contributed by atoms with Gasteiger partial charge in [0.15, 0.2) is 5.58 Å². The van der Waals surface area contributed by atoms with Crippen molar-refractivity contribution in [3.63, 3.8) is 0 Å². The van der Waals surface area contributed by atoms with E-state index in [0.717, 1.165) is 27.8 Å². The molecule has 0 fully saturated rings. The summed E-state index contributed by atoms with van der Waals surface area (Å²) in [7, 11) is -2.76. The van der Waals surface area contributed by atoms with Crippen molar-refractivity contribution in [2.45, 2.75) is 18.7 Å². The molecule has 0 bridgehead atoms. The molecule has 8 heteroatoms. The first-order chi connectivity index (χ1) is 11.2. The Bertz CT molecular complexity index is 1090. The third-order valence-corrected chi connectivity index (χ3v) is 5.01. The number of hydrogen-bond donors (Lipinski definition) is 1. The number of nitrogens with one attached hydrogen (secondary N) is 1. The van der Waals surface area contributed by atoms with Crippen molar-refractivity contribution in [2.24, 2.45) is 7.05 Å². The van der Waals surface area contributed by atoms with Crippen molar-refractivity contribution in [3.8, 4) is 0 Å². The van der Waals surface area contributed by atoms with E-state index in [1.807, 2.05) is 19.9 Å². The van der Waals surface area contributed by atoms with Gasteiger partial charge in [0.25, 0.3) is 10.0 Å². The fraction of sp³-hybridized carbons (Fsp3) is 0.188. The van der Waals surface area contributed by atoms with E-state index in [0.29, 0.717) is 5.69 Å². The number of nitrogens with zero attached hydrogens (tertiary/aromatic N) is 1. The van der Waals surface area contributed by atoms with Gasteiger partial charge in [0.2, 0.25) is 0 Å². The molecule has 0 saturated carbocycles. The lowest BCUT2D eigenvalue weighted by molar-refractivity contribution is 0.526. The zero-order valence-corrected chi connectivity index (χ0v) is 14.1. The minimum Gasteiger partial charge on any atom is -0.408 e. The molecule has 0 spiro atoms. The van der Waals surface area contributed by atoms with Gasteiger partial charge < -0.3 is 4.42 Å². The largest absolute Gasteiger partial charge is 0.419 e. The molecule has 0 aliphatic rings. The third kappa shape index (κ3) is 2.80. The van der Waals surface area contributed by atoms with Gasteiger partial charge in [-0.3, -0.25) is 9.29 Å². The Morgan fingerprint density at radius 2 is 1.71 bits per heavy atom. The summed E-state index contributed by atoms with van der Waals surface area (Å²) in [4.78, 5) is 10.9. The summed E-state index contributed by atoms with van der Waals surface area (Å²) in [6, 6.07) is 7.16. The molecular weight excluding hydrogens is 335 g/mol. The molecule has 0 amide bonds. The summed E-state index contributed by atoms with van der Waals surface area (Å²) in [5, 5.41) is 0. The van der Waals surface area contributed by atoms with Gasteiger partial charge in [0, 0.05) is 24.9 Å². The molecule has 24 heavy (non-hydrogen) atoms. The number of hydrogen-bond acceptors (Lipinski definition) is 4. The minimum absolute atomic E-state index is 0.00435. The van der Waals surface area contributed by atoms with E-state index in [1.165, 1.54) is 7.05 Å². The number of sulfonamides is 1. The zero-order chi connectivity index (χ0) is 17.6. The number of benzene rings is 2. The summed E-state index contributed by atoms with van der Waals surface area (Å²) in [6.45, 7) is 3.66. The average molecular weight is 350 g/mol. The van der Waals surface area contributed by atoms with Gasteiger partial charge in [-0.2, -0.15) is 0 Å². The fourth-order valence-electron chi connectivity index (χ4n) is 2.58. The summed E-state index contributed by atoms with van der Waals surface area (Å²) >= 11 is 0. The average Bonchev–Trinajstić information content (AvgIpc) is 2.71. The highest BCUT2D eigenvalue weighted by molar-refractivity contribution is 7.92. The van der Waals surface area contributed by atoms with Gasteiger partial charge in [-0.05, 0) is 37.1 Å². The fourth-order valence-corrected chi connectivity index (χ4v) is 3.69. The van der Waals surface area contributed by atoms with Crippen molar-refractivity contribution in [1.82, 2.24) is 4.57 Å². The van der Waals surface area contributed by atoms with E-state index >= 15 is 0 Å². The van der Waals surface area contributed by atoms with Gasteiger partial charge in [-0.1, -0.05) is 6.07 Å². The lowest BCUT2D eigenvalue weighted by Gasteiger charge is -2.10. The van der Waals surface area contributed by atoms with Crippen LogP contribution in [0.1, 0.15) is 11.1 Å². The second-order valence-electron chi connectivity index (χ2n) is 5.66. The van der Waals surface area contributed by atoms with Crippen LogP contribution in [0.3, 0.4) is 0 Å². The number of halogens is 1. The van der Waals surface area contributed by atoms with Gasteiger partial charge >= 0.3 is 5.76 Å². The van der Waals surface area contributed by atoms with Crippen molar-refractivity contribution in [2.75, 3.05) is 4.72 Å². The number of aromatic nitrogens is 1. The van der Waals surface area contributed by atoms with Gasteiger partial charge in [0.1, 0.15) is 10.7 Å².